The fraction of sp³-hybridized carbons (Fsp3) is 0.769. The van der Waals surface area contributed by atoms with Gasteiger partial charge in [0.15, 0.2) is 0 Å². The number of aryl methyl sites for hydroxylation is 1. The molecular weight excluding hydrogens is 232 g/mol. The molecule has 0 radical (unpaired) electrons. The summed E-state index contributed by atoms with van der Waals surface area (Å²) in [6, 6.07) is 0.550. The zero-order valence-electron chi connectivity index (χ0n) is 11.1. The predicted molar refractivity (Wildman–Crippen MR) is 73.4 cm³/mol. The van der Waals surface area contributed by atoms with Gasteiger partial charge in [0.1, 0.15) is 0 Å². The normalized spacial score (nSPS) is 11.6. The largest absolute Gasteiger partial charge is 0.395 e. The van der Waals surface area contributed by atoms with E-state index < -0.39 is 0 Å². The first-order valence-corrected chi connectivity index (χ1v) is 7.41. The molecule has 17 heavy (non-hydrogen) atoms. The molecule has 98 valence electrons. The fourth-order valence-electron chi connectivity index (χ4n) is 2.12. The Morgan fingerprint density at radius 2 is 2.06 bits per heavy atom. The summed E-state index contributed by atoms with van der Waals surface area (Å²) in [5.41, 5.74) is 1.15. The van der Waals surface area contributed by atoms with E-state index in [-0.39, 0.29) is 6.61 Å². The van der Waals surface area contributed by atoms with E-state index in [0.29, 0.717) is 6.04 Å². The average molecular weight is 256 g/mol. The first-order chi connectivity index (χ1) is 8.24. The number of thiazole rings is 1. The molecule has 0 aliphatic heterocycles. The average Bonchev–Trinajstić information content (AvgIpc) is 2.78. The second-order valence-corrected chi connectivity index (χ2v) is 5.19. The summed E-state index contributed by atoms with van der Waals surface area (Å²) in [5.74, 6) is 0. The summed E-state index contributed by atoms with van der Waals surface area (Å²) in [7, 11) is 0. The summed E-state index contributed by atoms with van der Waals surface area (Å²) in [4.78, 5) is 6.94. The number of hydrogen-bond acceptors (Lipinski definition) is 4. The maximum Gasteiger partial charge on any atom is 0.0926 e. The van der Waals surface area contributed by atoms with Crippen molar-refractivity contribution in [2.75, 3.05) is 13.2 Å². The minimum atomic E-state index is 0.223. The van der Waals surface area contributed by atoms with Gasteiger partial charge < -0.3 is 5.11 Å². The minimum absolute atomic E-state index is 0.223. The molecule has 1 heterocycles. The third-order valence-corrected chi connectivity index (χ3v) is 4.15. The number of aliphatic hydroxyl groups excluding tert-OH is 1. The monoisotopic (exact) mass is 256 g/mol. The van der Waals surface area contributed by atoms with Crippen molar-refractivity contribution in [3.05, 3.63) is 16.1 Å². The Balaban J connectivity index is 2.64. The standard InChI is InChI=1S/C13H24N2OS/c1-4-12(5-2)15(7-8-16)9-11-10-17-13(6-3)14-11/h10,12,16H,4-9H2,1-3H3. The molecule has 0 amide bonds. The molecule has 1 N–H and O–H groups in total. The van der Waals surface area contributed by atoms with Crippen LogP contribution in [0.1, 0.15) is 44.3 Å². The van der Waals surface area contributed by atoms with Crippen molar-refractivity contribution < 1.29 is 5.11 Å². The van der Waals surface area contributed by atoms with Crippen LogP contribution in [-0.4, -0.2) is 34.2 Å². The van der Waals surface area contributed by atoms with Crippen molar-refractivity contribution >= 4 is 11.3 Å². The lowest BCUT2D eigenvalue weighted by molar-refractivity contribution is 0.135. The minimum Gasteiger partial charge on any atom is -0.395 e. The maximum atomic E-state index is 9.15. The number of nitrogens with zero attached hydrogens (tertiary/aromatic N) is 2. The van der Waals surface area contributed by atoms with Crippen LogP contribution in [0, 0.1) is 0 Å². The number of aromatic nitrogens is 1. The van der Waals surface area contributed by atoms with Gasteiger partial charge in [0.25, 0.3) is 0 Å². The quantitative estimate of drug-likeness (QED) is 0.777. The van der Waals surface area contributed by atoms with Gasteiger partial charge in [-0.2, -0.15) is 0 Å². The summed E-state index contributed by atoms with van der Waals surface area (Å²) >= 11 is 1.74. The van der Waals surface area contributed by atoms with Crippen molar-refractivity contribution in [2.45, 2.75) is 52.6 Å². The van der Waals surface area contributed by atoms with Gasteiger partial charge in [-0.25, -0.2) is 4.98 Å². The Hall–Kier alpha value is -0.450. The lowest BCUT2D eigenvalue weighted by Gasteiger charge is -2.29. The van der Waals surface area contributed by atoms with Crippen LogP contribution in [0.5, 0.6) is 0 Å². The lowest BCUT2D eigenvalue weighted by Crippen LogP contribution is -2.36. The summed E-state index contributed by atoms with van der Waals surface area (Å²) in [5, 5.41) is 12.5. The number of hydrogen-bond donors (Lipinski definition) is 1. The zero-order chi connectivity index (χ0) is 12.7. The second kappa shape index (κ2) is 7.80. The molecule has 1 rings (SSSR count). The van der Waals surface area contributed by atoms with Crippen LogP contribution in [0.15, 0.2) is 5.38 Å². The lowest BCUT2D eigenvalue weighted by atomic mass is 10.1. The molecule has 0 unspecified atom stereocenters. The van der Waals surface area contributed by atoms with E-state index >= 15 is 0 Å². The van der Waals surface area contributed by atoms with Gasteiger partial charge in [0.05, 0.1) is 17.3 Å². The topological polar surface area (TPSA) is 36.4 Å². The van der Waals surface area contributed by atoms with Crippen LogP contribution >= 0.6 is 11.3 Å². The highest BCUT2D eigenvalue weighted by Gasteiger charge is 2.16. The second-order valence-electron chi connectivity index (χ2n) is 4.25. The molecular formula is C13H24N2OS. The molecule has 0 spiro atoms. The van der Waals surface area contributed by atoms with Crippen molar-refractivity contribution in [3.8, 4) is 0 Å². The molecule has 0 aliphatic rings. The Morgan fingerprint density at radius 1 is 1.35 bits per heavy atom. The molecule has 1 aromatic rings. The molecule has 0 fully saturated rings. The SMILES string of the molecule is CCc1nc(CN(CCO)C(CC)CC)cs1. The van der Waals surface area contributed by atoms with Gasteiger partial charge in [-0.15, -0.1) is 11.3 Å². The number of rotatable bonds is 8. The van der Waals surface area contributed by atoms with E-state index in [1.54, 1.807) is 11.3 Å². The molecule has 0 atom stereocenters. The molecule has 4 heteroatoms. The van der Waals surface area contributed by atoms with Gasteiger partial charge >= 0.3 is 0 Å². The molecule has 1 aromatic heterocycles. The Morgan fingerprint density at radius 3 is 2.53 bits per heavy atom. The molecule has 0 aromatic carbocycles. The van der Waals surface area contributed by atoms with E-state index in [9.17, 15) is 0 Å². The van der Waals surface area contributed by atoms with Gasteiger partial charge in [0, 0.05) is 24.5 Å². The highest BCUT2D eigenvalue weighted by atomic mass is 32.1. The Bertz CT molecular complexity index is 310. The third kappa shape index (κ3) is 4.37. The molecule has 0 saturated heterocycles. The Kier molecular flexibility index (Phi) is 6.70. The smallest absolute Gasteiger partial charge is 0.0926 e. The molecule has 0 saturated carbocycles. The van der Waals surface area contributed by atoms with Crippen LogP contribution in [0.3, 0.4) is 0 Å². The van der Waals surface area contributed by atoms with Crippen LogP contribution in [0.4, 0.5) is 0 Å². The fourth-order valence-corrected chi connectivity index (χ4v) is 2.85. The highest BCUT2D eigenvalue weighted by Crippen LogP contribution is 2.16. The third-order valence-electron chi connectivity index (χ3n) is 3.11. The van der Waals surface area contributed by atoms with Crippen LogP contribution in [0.25, 0.3) is 0 Å². The van der Waals surface area contributed by atoms with E-state index in [0.717, 1.165) is 38.0 Å². The van der Waals surface area contributed by atoms with E-state index in [1.165, 1.54) is 5.01 Å². The van der Waals surface area contributed by atoms with Crippen LogP contribution in [-0.2, 0) is 13.0 Å². The van der Waals surface area contributed by atoms with E-state index in [1.807, 2.05) is 0 Å². The van der Waals surface area contributed by atoms with Crippen molar-refractivity contribution in [3.63, 3.8) is 0 Å². The molecule has 0 aliphatic carbocycles. The summed E-state index contributed by atoms with van der Waals surface area (Å²) < 4.78 is 0. The first-order valence-electron chi connectivity index (χ1n) is 6.53. The molecule has 0 bridgehead atoms. The van der Waals surface area contributed by atoms with Gasteiger partial charge in [-0.1, -0.05) is 20.8 Å². The van der Waals surface area contributed by atoms with E-state index in [4.69, 9.17) is 5.11 Å². The van der Waals surface area contributed by atoms with Crippen LogP contribution in [0.2, 0.25) is 0 Å². The number of aliphatic hydroxyl groups is 1. The predicted octanol–water partition coefficient (Wildman–Crippen LogP) is 2.69. The Labute approximate surface area is 108 Å². The first kappa shape index (κ1) is 14.6. The summed E-state index contributed by atoms with van der Waals surface area (Å²) in [6.45, 7) is 8.37. The van der Waals surface area contributed by atoms with Crippen molar-refractivity contribution in [1.29, 1.82) is 0 Å². The van der Waals surface area contributed by atoms with Crippen LogP contribution < -0.4 is 0 Å². The van der Waals surface area contributed by atoms with Gasteiger partial charge in [-0.3, -0.25) is 4.90 Å². The van der Waals surface area contributed by atoms with Crippen molar-refractivity contribution in [1.82, 2.24) is 9.88 Å². The summed E-state index contributed by atoms with van der Waals surface area (Å²) in [6.07, 6.45) is 3.26. The van der Waals surface area contributed by atoms with Gasteiger partial charge in [0.2, 0.25) is 0 Å². The van der Waals surface area contributed by atoms with E-state index in [2.05, 4.69) is 36.0 Å². The highest BCUT2D eigenvalue weighted by molar-refractivity contribution is 7.09. The maximum absolute atomic E-state index is 9.15. The van der Waals surface area contributed by atoms with Gasteiger partial charge in [-0.05, 0) is 19.3 Å². The zero-order valence-corrected chi connectivity index (χ0v) is 12.0. The van der Waals surface area contributed by atoms with Crippen molar-refractivity contribution in [2.24, 2.45) is 0 Å². The molecule has 3 nitrogen and oxygen atoms in total.